The molecule has 0 fully saturated rings. The van der Waals surface area contributed by atoms with E-state index < -0.39 is 0 Å². The van der Waals surface area contributed by atoms with Crippen LogP contribution in [0.2, 0.25) is 0 Å². The Labute approximate surface area is 134 Å². The van der Waals surface area contributed by atoms with Crippen molar-refractivity contribution in [3.8, 4) is 0 Å². The van der Waals surface area contributed by atoms with E-state index >= 15 is 0 Å². The first kappa shape index (κ1) is 17.7. The number of nitrogens with one attached hydrogen (secondary N) is 1. The molecule has 0 unspecified atom stereocenters. The quantitative estimate of drug-likeness (QED) is 0.550. The van der Waals surface area contributed by atoms with Gasteiger partial charge in [0.2, 0.25) is 5.91 Å². The number of esters is 1. The highest BCUT2D eigenvalue weighted by Crippen LogP contribution is 2.24. The zero-order valence-corrected chi connectivity index (χ0v) is 14.2. The molecule has 1 aromatic rings. The Hall–Kier alpha value is -1.36. The van der Waals surface area contributed by atoms with Gasteiger partial charge >= 0.3 is 5.97 Å². The maximum absolute atomic E-state index is 11.8. The Morgan fingerprint density at radius 1 is 1.19 bits per heavy atom. The molecule has 0 aliphatic rings. The fourth-order valence-corrected chi connectivity index (χ4v) is 2.36. The van der Waals surface area contributed by atoms with E-state index in [0.29, 0.717) is 28.8 Å². The van der Waals surface area contributed by atoms with Gasteiger partial charge in [0.05, 0.1) is 17.9 Å². The summed E-state index contributed by atoms with van der Waals surface area (Å²) in [5.74, 6) is -0.369. The summed E-state index contributed by atoms with van der Waals surface area (Å²) in [7, 11) is 0. The van der Waals surface area contributed by atoms with Crippen molar-refractivity contribution in [3.63, 3.8) is 0 Å². The average Bonchev–Trinajstić information content (AvgIpc) is 2.46. The van der Waals surface area contributed by atoms with Crippen LogP contribution in [-0.4, -0.2) is 18.5 Å². The van der Waals surface area contributed by atoms with Crippen molar-refractivity contribution in [1.82, 2.24) is 0 Å². The average molecular weight is 356 g/mol. The second-order valence-corrected chi connectivity index (χ2v) is 5.63. The van der Waals surface area contributed by atoms with E-state index in [1.165, 1.54) is 0 Å². The fraction of sp³-hybridized carbons (Fsp3) is 0.500. The summed E-state index contributed by atoms with van der Waals surface area (Å²) in [6, 6.07) is 5.01. The van der Waals surface area contributed by atoms with Gasteiger partial charge in [0.15, 0.2) is 0 Å². The van der Waals surface area contributed by atoms with Crippen LogP contribution in [0.4, 0.5) is 5.69 Å². The van der Waals surface area contributed by atoms with Crippen LogP contribution in [0.15, 0.2) is 22.7 Å². The molecule has 0 atom stereocenters. The van der Waals surface area contributed by atoms with E-state index in [4.69, 9.17) is 4.74 Å². The van der Waals surface area contributed by atoms with Crippen molar-refractivity contribution in [2.24, 2.45) is 0 Å². The van der Waals surface area contributed by atoms with Crippen LogP contribution in [0.5, 0.6) is 0 Å². The van der Waals surface area contributed by atoms with Gasteiger partial charge in [-0.05, 0) is 47.5 Å². The molecule has 4 nitrogen and oxygen atoms in total. The molecule has 1 rings (SSSR count). The van der Waals surface area contributed by atoms with Crippen molar-refractivity contribution in [3.05, 3.63) is 28.2 Å². The van der Waals surface area contributed by atoms with Crippen LogP contribution < -0.4 is 5.32 Å². The zero-order valence-electron chi connectivity index (χ0n) is 12.6. The predicted octanol–water partition coefficient (Wildman–Crippen LogP) is 4.53. The molecule has 5 heteroatoms. The van der Waals surface area contributed by atoms with Crippen molar-refractivity contribution in [1.29, 1.82) is 0 Å². The molecule has 0 saturated heterocycles. The molecular formula is C16H22BrNO3. The maximum atomic E-state index is 11.8. The lowest BCUT2D eigenvalue weighted by atomic mass is 10.1. The molecule has 0 aliphatic heterocycles. The van der Waals surface area contributed by atoms with Gasteiger partial charge < -0.3 is 10.1 Å². The highest BCUT2D eigenvalue weighted by atomic mass is 79.9. The Kier molecular flexibility index (Phi) is 8.05. The minimum atomic E-state index is -0.365. The Balaban J connectivity index is 2.56. The van der Waals surface area contributed by atoms with Crippen LogP contribution in [0.1, 0.15) is 56.3 Å². The van der Waals surface area contributed by atoms with E-state index in [2.05, 4.69) is 28.2 Å². The zero-order chi connectivity index (χ0) is 15.7. The van der Waals surface area contributed by atoms with Gasteiger partial charge in [-0.2, -0.15) is 0 Å². The highest BCUT2D eigenvalue weighted by Gasteiger charge is 2.10. The third kappa shape index (κ3) is 6.29. The Bertz CT molecular complexity index is 488. The monoisotopic (exact) mass is 355 g/mol. The summed E-state index contributed by atoms with van der Waals surface area (Å²) in [5, 5.41) is 2.85. The molecule has 0 aliphatic carbocycles. The molecule has 0 heterocycles. The summed E-state index contributed by atoms with van der Waals surface area (Å²) in [6.45, 7) is 4.25. The molecule has 1 N–H and O–H groups in total. The molecule has 0 aromatic heterocycles. The largest absolute Gasteiger partial charge is 0.462 e. The second-order valence-electron chi connectivity index (χ2n) is 4.77. The Morgan fingerprint density at radius 3 is 2.57 bits per heavy atom. The number of amides is 1. The molecule has 0 radical (unpaired) electrons. The van der Waals surface area contributed by atoms with Gasteiger partial charge in [-0.1, -0.05) is 26.2 Å². The highest BCUT2D eigenvalue weighted by molar-refractivity contribution is 9.10. The molecule has 0 spiro atoms. The smallest absolute Gasteiger partial charge is 0.338 e. The van der Waals surface area contributed by atoms with E-state index in [0.717, 1.165) is 25.7 Å². The first-order chi connectivity index (χ1) is 10.1. The molecule has 21 heavy (non-hydrogen) atoms. The summed E-state index contributed by atoms with van der Waals surface area (Å²) >= 11 is 3.37. The predicted molar refractivity (Wildman–Crippen MR) is 87.5 cm³/mol. The molecule has 0 bridgehead atoms. The van der Waals surface area contributed by atoms with Crippen LogP contribution in [0.25, 0.3) is 0 Å². The number of halogens is 1. The summed E-state index contributed by atoms with van der Waals surface area (Å²) in [4.78, 5) is 23.4. The molecule has 116 valence electrons. The van der Waals surface area contributed by atoms with Crippen molar-refractivity contribution in [2.75, 3.05) is 11.9 Å². The number of ether oxygens (including phenoxy) is 1. The van der Waals surface area contributed by atoms with E-state index in [9.17, 15) is 9.59 Å². The number of benzene rings is 1. The number of anilines is 1. The number of hydrogen-bond donors (Lipinski definition) is 1. The number of rotatable bonds is 8. The minimum Gasteiger partial charge on any atom is -0.462 e. The number of carbonyl (C=O) groups excluding carboxylic acids is 2. The van der Waals surface area contributed by atoms with Gasteiger partial charge in [0.25, 0.3) is 0 Å². The van der Waals surface area contributed by atoms with Gasteiger partial charge in [-0.25, -0.2) is 4.79 Å². The molecule has 1 amide bonds. The van der Waals surface area contributed by atoms with Crippen molar-refractivity contribution < 1.29 is 14.3 Å². The van der Waals surface area contributed by atoms with Gasteiger partial charge in [-0.3, -0.25) is 4.79 Å². The summed E-state index contributed by atoms with van der Waals surface area (Å²) < 4.78 is 5.61. The van der Waals surface area contributed by atoms with Crippen molar-refractivity contribution in [2.45, 2.75) is 46.0 Å². The lowest BCUT2D eigenvalue weighted by Crippen LogP contribution is -2.12. The summed E-state index contributed by atoms with van der Waals surface area (Å²) in [5.41, 5.74) is 1.13. The first-order valence-electron chi connectivity index (χ1n) is 7.35. The lowest BCUT2D eigenvalue weighted by Gasteiger charge is -2.09. The first-order valence-corrected chi connectivity index (χ1v) is 8.14. The Morgan fingerprint density at radius 2 is 1.95 bits per heavy atom. The van der Waals surface area contributed by atoms with Crippen molar-refractivity contribution >= 4 is 33.5 Å². The number of hydrogen-bond acceptors (Lipinski definition) is 3. The number of carbonyl (C=O) groups is 2. The number of unbranched alkanes of at least 4 members (excludes halogenated alkanes) is 3. The maximum Gasteiger partial charge on any atom is 0.338 e. The van der Waals surface area contributed by atoms with Crippen LogP contribution >= 0.6 is 15.9 Å². The van der Waals surface area contributed by atoms with Crippen LogP contribution in [-0.2, 0) is 9.53 Å². The molecule has 1 aromatic carbocycles. The normalized spacial score (nSPS) is 10.2. The van der Waals surface area contributed by atoms with Gasteiger partial charge in [-0.15, -0.1) is 0 Å². The topological polar surface area (TPSA) is 55.4 Å². The van der Waals surface area contributed by atoms with E-state index in [1.807, 2.05) is 0 Å². The van der Waals surface area contributed by atoms with Crippen LogP contribution in [0.3, 0.4) is 0 Å². The lowest BCUT2D eigenvalue weighted by molar-refractivity contribution is -0.116. The molecular weight excluding hydrogens is 334 g/mol. The minimum absolute atomic E-state index is 0.00399. The fourth-order valence-electron chi connectivity index (χ4n) is 1.88. The van der Waals surface area contributed by atoms with Crippen LogP contribution in [0, 0.1) is 0 Å². The SMILES string of the molecule is CCCCCCC(=O)Nc1ccc(C(=O)OCC)cc1Br. The third-order valence-corrected chi connectivity index (χ3v) is 3.67. The molecule has 0 saturated carbocycles. The summed E-state index contributed by atoms with van der Waals surface area (Å²) in [6.07, 6.45) is 4.81. The van der Waals surface area contributed by atoms with E-state index in [-0.39, 0.29) is 11.9 Å². The van der Waals surface area contributed by atoms with Gasteiger partial charge in [0, 0.05) is 10.9 Å². The third-order valence-electron chi connectivity index (χ3n) is 3.01. The van der Waals surface area contributed by atoms with E-state index in [1.54, 1.807) is 25.1 Å². The van der Waals surface area contributed by atoms with Gasteiger partial charge in [0.1, 0.15) is 0 Å². The standard InChI is InChI=1S/C16H22BrNO3/c1-3-5-6-7-8-15(19)18-14-10-9-12(11-13(14)17)16(20)21-4-2/h9-11H,3-8H2,1-2H3,(H,18,19). The second kappa shape index (κ2) is 9.55.